The number of aryl methyl sites for hydroxylation is 2. The Kier molecular flexibility index (Phi) is 5.42. The Hall–Kier alpha value is -3.37. The van der Waals surface area contributed by atoms with Crippen molar-refractivity contribution < 1.29 is 13.2 Å². The molecule has 0 aliphatic rings. The van der Waals surface area contributed by atoms with Gasteiger partial charge in [0.1, 0.15) is 11.5 Å². The molecule has 0 amide bonds. The van der Waals surface area contributed by atoms with Crippen molar-refractivity contribution in [2.45, 2.75) is 23.6 Å². The third-order valence-corrected chi connectivity index (χ3v) is 6.73. The second kappa shape index (κ2) is 8.17. The normalized spacial score (nSPS) is 11.3. The van der Waals surface area contributed by atoms with Gasteiger partial charge in [-0.2, -0.15) is 0 Å². The van der Waals surface area contributed by atoms with Crippen molar-refractivity contribution in [1.29, 1.82) is 0 Å². The standard InChI is InChI=1S/C26H22O3S/c1-19-3-7-21(8-4-19)22-9-11-23(12-10-22)29-24-13-17-26(18-14-24)30(27,28)25-15-5-20(2)6-16-25/h3-18H,1-2H3. The molecule has 0 spiro atoms. The van der Waals surface area contributed by atoms with E-state index in [-0.39, 0.29) is 9.79 Å². The summed E-state index contributed by atoms with van der Waals surface area (Å²) in [5.41, 5.74) is 4.51. The molecule has 0 N–H and O–H groups in total. The predicted molar refractivity (Wildman–Crippen MR) is 120 cm³/mol. The lowest BCUT2D eigenvalue weighted by atomic mass is 10.0. The van der Waals surface area contributed by atoms with Gasteiger partial charge < -0.3 is 4.74 Å². The lowest BCUT2D eigenvalue weighted by Gasteiger charge is -2.09. The molecule has 30 heavy (non-hydrogen) atoms. The van der Waals surface area contributed by atoms with Gasteiger partial charge in [0.05, 0.1) is 9.79 Å². The highest BCUT2D eigenvalue weighted by molar-refractivity contribution is 7.91. The van der Waals surface area contributed by atoms with Crippen LogP contribution in [0.2, 0.25) is 0 Å². The second-order valence-corrected chi connectivity index (χ2v) is 9.23. The van der Waals surface area contributed by atoms with Gasteiger partial charge in [-0.25, -0.2) is 8.42 Å². The van der Waals surface area contributed by atoms with E-state index in [9.17, 15) is 8.42 Å². The number of sulfone groups is 1. The van der Waals surface area contributed by atoms with Gasteiger partial charge in [-0.1, -0.05) is 59.7 Å². The molecule has 150 valence electrons. The van der Waals surface area contributed by atoms with Crippen LogP contribution in [-0.4, -0.2) is 8.42 Å². The summed E-state index contributed by atoms with van der Waals surface area (Å²) < 4.78 is 31.4. The van der Waals surface area contributed by atoms with Crippen LogP contribution < -0.4 is 4.74 Å². The van der Waals surface area contributed by atoms with E-state index in [1.54, 1.807) is 48.5 Å². The molecule has 0 bridgehead atoms. The Labute approximate surface area is 177 Å². The molecule has 4 heteroatoms. The minimum absolute atomic E-state index is 0.244. The first kappa shape index (κ1) is 19.9. The summed E-state index contributed by atoms with van der Waals surface area (Å²) in [5, 5.41) is 0. The van der Waals surface area contributed by atoms with E-state index >= 15 is 0 Å². The lowest BCUT2D eigenvalue weighted by molar-refractivity contribution is 0.482. The highest BCUT2D eigenvalue weighted by atomic mass is 32.2. The first-order chi connectivity index (χ1) is 14.4. The van der Waals surface area contributed by atoms with Crippen molar-refractivity contribution in [1.82, 2.24) is 0 Å². The summed E-state index contributed by atoms with van der Waals surface area (Å²) in [6.45, 7) is 3.99. The molecule has 0 aliphatic heterocycles. The molecule has 0 atom stereocenters. The van der Waals surface area contributed by atoms with Crippen molar-refractivity contribution in [2.24, 2.45) is 0 Å². The van der Waals surface area contributed by atoms with Crippen LogP contribution in [0, 0.1) is 13.8 Å². The minimum Gasteiger partial charge on any atom is -0.457 e. The maximum atomic E-state index is 12.8. The Bertz CT molecular complexity index is 1240. The fraction of sp³-hybridized carbons (Fsp3) is 0.0769. The number of ether oxygens (including phenoxy) is 1. The molecule has 0 aromatic heterocycles. The Morgan fingerprint density at radius 1 is 0.500 bits per heavy atom. The van der Waals surface area contributed by atoms with E-state index in [0.717, 1.165) is 16.7 Å². The summed E-state index contributed by atoms with van der Waals surface area (Å²) in [7, 11) is -3.54. The third-order valence-electron chi connectivity index (χ3n) is 4.94. The zero-order valence-corrected chi connectivity index (χ0v) is 17.7. The molecule has 4 rings (SSSR count). The van der Waals surface area contributed by atoms with Gasteiger partial charge in [0, 0.05) is 0 Å². The van der Waals surface area contributed by atoms with E-state index in [2.05, 4.69) is 31.2 Å². The Balaban J connectivity index is 1.49. The van der Waals surface area contributed by atoms with Crippen LogP contribution in [0.15, 0.2) is 107 Å². The largest absolute Gasteiger partial charge is 0.457 e. The van der Waals surface area contributed by atoms with Crippen LogP contribution in [0.5, 0.6) is 11.5 Å². The first-order valence-corrected chi connectivity index (χ1v) is 11.2. The number of hydrogen-bond donors (Lipinski definition) is 0. The average molecular weight is 415 g/mol. The molecular formula is C26H22O3S. The second-order valence-electron chi connectivity index (χ2n) is 7.28. The highest BCUT2D eigenvalue weighted by Gasteiger charge is 2.17. The van der Waals surface area contributed by atoms with Crippen molar-refractivity contribution in [3.05, 3.63) is 108 Å². The molecule has 0 radical (unpaired) electrons. The van der Waals surface area contributed by atoms with Gasteiger partial charge in [0.25, 0.3) is 0 Å². The molecule has 0 aliphatic carbocycles. The van der Waals surface area contributed by atoms with Crippen LogP contribution >= 0.6 is 0 Å². The topological polar surface area (TPSA) is 43.4 Å². The van der Waals surface area contributed by atoms with Crippen LogP contribution in [0.1, 0.15) is 11.1 Å². The quantitative estimate of drug-likeness (QED) is 0.370. The smallest absolute Gasteiger partial charge is 0.206 e. The molecule has 0 fully saturated rings. The number of benzene rings is 4. The third kappa shape index (κ3) is 4.29. The zero-order valence-electron chi connectivity index (χ0n) is 16.9. The average Bonchev–Trinajstić information content (AvgIpc) is 2.76. The summed E-state index contributed by atoms with van der Waals surface area (Å²) in [5.74, 6) is 1.28. The number of rotatable bonds is 5. The fourth-order valence-electron chi connectivity index (χ4n) is 3.14. The van der Waals surface area contributed by atoms with Crippen molar-refractivity contribution in [2.75, 3.05) is 0 Å². The molecule has 0 saturated carbocycles. The SMILES string of the molecule is Cc1ccc(-c2ccc(Oc3ccc(S(=O)(=O)c4ccc(C)cc4)cc3)cc2)cc1. The summed E-state index contributed by atoms with van der Waals surface area (Å²) in [6.07, 6.45) is 0. The molecule has 0 heterocycles. The Morgan fingerprint density at radius 2 is 0.833 bits per heavy atom. The predicted octanol–water partition coefficient (Wildman–Crippen LogP) is 6.60. The summed E-state index contributed by atoms with van der Waals surface area (Å²) in [6, 6.07) is 29.6. The summed E-state index contributed by atoms with van der Waals surface area (Å²) >= 11 is 0. The monoisotopic (exact) mass is 414 g/mol. The van der Waals surface area contributed by atoms with Gasteiger partial charge in [0.15, 0.2) is 0 Å². The minimum atomic E-state index is -3.54. The van der Waals surface area contributed by atoms with Gasteiger partial charge in [0.2, 0.25) is 9.84 Å². The van der Waals surface area contributed by atoms with Crippen molar-refractivity contribution in [3.63, 3.8) is 0 Å². The van der Waals surface area contributed by atoms with Crippen molar-refractivity contribution >= 4 is 9.84 Å². The summed E-state index contributed by atoms with van der Waals surface area (Å²) in [4.78, 5) is 0.530. The van der Waals surface area contributed by atoms with Crippen LogP contribution in [0.25, 0.3) is 11.1 Å². The molecule has 4 aromatic rings. The van der Waals surface area contributed by atoms with Gasteiger partial charge in [-0.15, -0.1) is 0 Å². The number of hydrogen-bond acceptors (Lipinski definition) is 3. The van der Waals surface area contributed by atoms with Gasteiger partial charge in [-0.3, -0.25) is 0 Å². The zero-order chi connectivity index (χ0) is 21.1. The van der Waals surface area contributed by atoms with E-state index in [0.29, 0.717) is 11.5 Å². The van der Waals surface area contributed by atoms with Gasteiger partial charge >= 0.3 is 0 Å². The van der Waals surface area contributed by atoms with Gasteiger partial charge in [-0.05, 0) is 73.5 Å². The van der Waals surface area contributed by atoms with E-state index in [1.807, 2.05) is 31.2 Å². The van der Waals surface area contributed by atoms with E-state index in [4.69, 9.17) is 4.74 Å². The van der Waals surface area contributed by atoms with E-state index in [1.165, 1.54) is 5.56 Å². The van der Waals surface area contributed by atoms with Crippen LogP contribution in [0.4, 0.5) is 0 Å². The van der Waals surface area contributed by atoms with Crippen LogP contribution in [-0.2, 0) is 9.84 Å². The molecular weight excluding hydrogens is 392 g/mol. The maximum Gasteiger partial charge on any atom is 0.206 e. The lowest BCUT2D eigenvalue weighted by Crippen LogP contribution is -2.01. The first-order valence-electron chi connectivity index (χ1n) is 9.69. The molecule has 4 aromatic carbocycles. The fourth-order valence-corrected chi connectivity index (χ4v) is 4.40. The molecule has 3 nitrogen and oxygen atoms in total. The molecule has 0 unspecified atom stereocenters. The Morgan fingerprint density at radius 3 is 1.30 bits per heavy atom. The maximum absolute atomic E-state index is 12.8. The highest BCUT2D eigenvalue weighted by Crippen LogP contribution is 2.28. The van der Waals surface area contributed by atoms with Crippen molar-refractivity contribution in [3.8, 4) is 22.6 Å². The van der Waals surface area contributed by atoms with Crippen LogP contribution in [0.3, 0.4) is 0 Å². The molecule has 0 saturated heterocycles. The van der Waals surface area contributed by atoms with E-state index < -0.39 is 9.84 Å².